The molecule has 0 spiro atoms. The largest absolute Gasteiger partial charge is 0.457 e. The molecule has 0 radical (unpaired) electrons. The van der Waals surface area contributed by atoms with Gasteiger partial charge >= 0.3 is 6.03 Å². The maximum Gasteiger partial charge on any atom is 0.331 e. The number of nitrogens with one attached hydrogen (secondary N) is 1. The van der Waals surface area contributed by atoms with Crippen LogP contribution in [0.15, 0.2) is 54.7 Å². The number of para-hydroxylation sites is 1. The highest BCUT2D eigenvalue weighted by molar-refractivity contribution is 7.19. The predicted octanol–water partition coefficient (Wildman–Crippen LogP) is 6.53. The van der Waals surface area contributed by atoms with Crippen LogP contribution >= 0.6 is 11.3 Å². The van der Waals surface area contributed by atoms with Crippen LogP contribution < -0.4 is 15.0 Å². The number of amides is 2. The second-order valence-electron chi connectivity index (χ2n) is 6.79. The van der Waals surface area contributed by atoms with E-state index in [-0.39, 0.29) is 5.69 Å². The molecule has 2 aromatic carbocycles. The molecule has 2 aromatic heterocycles. The maximum atomic E-state index is 15.2. The molecule has 0 fully saturated rings. The lowest BCUT2D eigenvalue weighted by molar-refractivity contribution is 0.258. The van der Waals surface area contributed by atoms with Crippen LogP contribution in [0, 0.1) is 19.7 Å². The van der Waals surface area contributed by atoms with E-state index in [1.807, 2.05) is 25.1 Å². The van der Waals surface area contributed by atoms with Gasteiger partial charge in [-0.3, -0.25) is 4.90 Å². The maximum absolute atomic E-state index is 15.2. The summed E-state index contributed by atoms with van der Waals surface area (Å²) in [5.74, 6) is 0.453. The van der Waals surface area contributed by atoms with Gasteiger partial charge < -0.3 is 10.1 Å². The Morgan fingerprint density at radius 2 is 1.90 bits per heavy atom. The van der Waals surface area contributed by atoms with Crippen molar-refractivity contribution in [3.8, 4) is 11.5 Å². The fraction of sp³-hybridized carbons (Fsp3) is 0.0909. The molecule has 0 saturated heterocycles. The molecule has 0 aliphatic carbocycles. The average molecular weight is 405 g/mol. The molecule has 1 N–H and O–H groups in total. The van der Waals surface area contributed by atoms with E-state index in [0.717, 1.165) is 20.8 Å². The number of nitrogens with zero attached hydrogens (tertiary/aromatic N) is 2. The SMILES string of the molecule is Cc1cc(Oc2ccccc2)cc(F)c1N1C(=O)Nc2c(C)sc3nccc1c23. The molecule has 0 saturated carbocycles. The second kappa shape index (κ2) is 6.56. The van der Waals surface area contributed by atoms with Gasteiger partial charge in [0.2, 0.25) is 0 Å². The van der Waals surface area contributed by atoms with Gasteiger partial charge in [0.15, 0.2) is 5.82 Å². The Kier molecular flexibility index (Phi) is 3.99. The molecular weight excluding hydrogens is 389 g/mol. The zero-order valence-electron chi connectivity index (χ0n) is 15.7. The van der Waals surface area contributed by atoms with Gasteiger partial charge in [0.25, 0.3) is 0 Å². The van der Waals surface area contributed by atoms with Crippen LogP contribution in [-0.2, 0) is 0 Å². The van der Waals surface area contributed by atoms with Gasteiger partial charge in [-0.05, 0) is 43.7 Å². The van der Waals surface area contributed by atoms with Crippen molar-refractivity contribution in [2.45, 2.75) is 13.8 Å². The van der Waals surface area contributed by atoms with Gasteiger partial charge in [-0.15, -0.1) is 11.3 Å². The molecular formula is C22H16FN3O2S. The number of thiophene rings is 1. The summed E-state index contributed by atoms with van der Waals surface area (Å²) in [7, 11) is 0. The lowest BCUT2D eigenvalue weighted by Gasteiger charge is -2.30. The number of pyridine rings is 1. The van der Waals surface area contributed by atoms with E-state index in [2.05, 4.69) is 10.3 Å². The first-order valence-corrected chi connectivity index (χ1v) is 9.87. The van der Waals surface area contributed by atoms with Crippen molar-refractivity contribution in [1.29, 1.82) is 0 Å². The fourth-order valence-corrected chi connectivity index (χ4v) is 4.59. The number of ether oxygens (including phenoxy) is 1. The Morgan fingerprint density at radius 3 is 2.66 bits per heavy atom. The summed E-state index contributed by atoms with van der Waals surface area (Å²) in [5, 5.41) is 3.72. The van der Waals surface area contributed by atoms with Gasteiger partial charge in [-0.1, -0.05) is 18.2 Å². The van der Waals surface area contributed by atoms with Gasteiger partial charge in [0.1, 0.15) is 16.3 Å². The summed E-state index contributed by atoms with van der Waals surface area (Å²) in [6.45, 7) is 3.69. The summed E-state index contributed by atoms with van der Waals surface area (Å²) >= 11 is 1.50. The first-order chi connectivity index (χ1) is 14.0. The molecule has 29 heavy (non-hydrogen) atoms. The summed E-state index contributed by atoms with van der Waals surface area (Å²) in [4.78, 5) is 20.5. The van der Waals surface area contributed by atoms with Crippen molar-refractivity contribution in [3.05, 3.63) is 71.0 Å². The van der Waals surface area contributed by atoms with E-state index in [1.165, 1.54) is 22.3 Å². The lowest BCUT2D eigenvalue weighted by atomic mass is 10.1. The smallest absolute Gasteiger partial charge is 0.331 e. The molecule has 5 rings (SSSR count). The lowest BCUT2D eigenvalue weighted by Crippen LogP contribution is -2.35. The molecule has 1 aliphatic rings. The topological polar surface area (TPSA) is 54.5 Å². The zero-order valence-corrected chi connectivity index (χ0v) is 16.5. The Hall–Kier alpha value is -3.45. The third-order valence-electron chi connectivity index (χ3n) is 4.85. The number of urea groups is 1. The number of aryl methyl sites for hydroxylation is 2. The van der Waals surface area contributed by atoms with E-state index in [4.69, 9.17) is 4.74 Å². The highest BCUT2D eigenvalue weighted by atomic mass is 32.1. The monoisotopic (exact) mass is 405 g/mol. The first kappa shape index (κ1) is 17.6. The van der Waals surface area contributed by atoms with Crippen LogP contribution in [0.1, 0.15) is 10.4 Å². The minimum Gasteiger partial charge on any atom is -0.457 e. The first-order valence-electron chi connectivity index (χ1n) is 9.05. The van der Waals surface area contributed by atoms with Gasteiger partial charge in [-0.25, -0.2) is 14.2 Å². The standard InChI is InChI=1S/C22H16FN3O2S/c1-12-10-15(28-14-6-4-3-5-7-14)11-16(23)20(12)26-17-8-9-24-21-18(17)19(13(2)29-21)25-22(26)27/h3-11H,1-2H3,(H,25,27). The van der Waals surface area contributed by atoms with Crippen LogP contribution in [0.2, 0.25) is 0 Å². The van der Waals surface area contributed by atoms with E-state index in [1.54, 1.807) is 37.4 Å². The number of halogens is 1. The molecule has 1 aliphatic heterocycles. The zero-order chi connectivity index (χ0) is 20.1. The minimum absolute atomic E-state index is 0.199. The minimum atomic E-state index is -0.536. The fourth-order valence-electron chi connectivity index (χ4n) is 3.62. The highest BCUT2D eigenvalue weighted by Crippen LogP contribution is 2.46. The molecule has 4 aromatic rings. The molecule has 144 valence electrons. The summed E-state index contributed by atoms with van der Waals surface area (Å²) in [6, 6.07) is 13.5. The molecule has 0 unspecified atom stereocenters. The van der Waals surface area contributed by atoms with Crippen LogP contribution in [0.4, 0.5) is 26.2 Å². The van der Waals surface area contributed by atoms with Crippen molar-refractivity contribution in [2.24, 2.45) is 0 Å². The molecule has 0 bridgehead atoms. The van der Waals surface area contributed by atoms with Crippen molar-refractivity contribution in [2.75, 3.05) is 10.2 Å². The summed E-state index contributed by atoms with van der Waals surface area (Å²) in [5.41, 5.74) is 2.16. The Balaban J connectivity index is 1.62. The highest BCUT2D eigenvalue weighted by Gasteiger charge is 2.32. The number of hydrogen-bond donors (Lipinski definition) is 1. The third-order valence-corrected chi connectivity index (χ3v) is 5.87. The Labute approximate surface area is 170 Å². The van der Waals surface area contributed by atoms with E-state index >= 15 is 4.39 Å². The van der Waals surface area contributed by atoms with Crippen LogP contribution in [0.25, 0.3) is 10.2 Å². The molecule has 5 nitrogen and oxygen atoms in total. The van der Waals surface area contributed by atoms with E-state index < -0.39 is 11.8 Å². The Morgan fingerprint density at radius 1 is 1.10 bits per heavy atom. The number of aromatic nitrogens is 1. The van der Waals surface area contributed by atoms with Crippen LogP contribution in [-0.4, -0.2) is 11.0 Å². The number of rotatable bonds is 3. The Bertz CT molecular complexity index is 1250. The van der Waals surface area contributed by atoms with Gasteiger partial charge in [0, 0.05) is 17.1 Å². The van der Waals surface area contributed by atoms with Crippen molar-refractivity contribution in [1.82, 2.24) is 4.98 Å². The third kappa shape index (κ3) is 2.82. The van der Waals surface area contributed by atoms with E-state index in [0.29, 0.717) is 22.7 Å². The second-order valence-corrected chi connectivity index (χ2v) is 8.00. The van der Waals surface area contributed by atoms with E-state index in [9.17, 15) is 4.79 Å². The molecule has 0 atom stereocenters. The molecule has 7 heteroatoms. The number of benzene rings is 2. The normalized spacial score (nSPS) is 12.9. The number of hydrogen-bond acceptors (Lipinski definition) is 4. The van der Waals surface area contributed by atoms with Gasteiger partial charge in [0.05, 0.1) is 22.4 Å². The van der Waals surface area contributed by atoms with Crippen LogP contribution in [0.5, 0.6) is 11.5 Å². The predicted molar refractivity (Wildman–Crippen MR) is 113 cm³/mol. The average Bonchev–Trinajstić information content (AvgIpc) is 3.01. The molecule has 2 amide bonds. The van der Waals surface area contributed by atoms with Crippen molar-refractivity contribution in [3.63, 3.8) is 0 Å². The summed E-state index contributed by atoms with van der Waals surface area (Å²) in [6.07, 6.45) is 1.64. The van der Waals surface area contributed by atoms with Gasteiger partial charge in [-0.2, -0.15) is 0 Å². The number of anilines is 3. The molecule has 3 heterocycles. The number of carbonyl (C=O) groups is 1. The van der Waals surface area contributed by atoms with Crippen molar-refractivity contribution < 1.29 is 13.9 Å². The number of carbonyl (C=O) groups excluding carboxylic acids is 1. The van der Waals surface area contributed by atoms with Crippen LogP contribution in [0.3, 0.4) is 0 Å². The summed E-state index contributed by atoms with van der Waals surface area (Å²) < 4.78 is 21.0. The van der Waals surface area contributed by atoms with Crippen molar-refractivity contribution >= 4 is 44.6 Å². The quantitative estimate of drug-likeness (QED) is 0.422.